The Balaban J connectivity index is 1.59. The van der Waals surface area contributed by atoms with Crippen molar-refractivity contribution >= 4 is 34.5 Å². The summed E-state index contributed by atoms with van der Waals surface area (Å²) in [6, 6.07) is 13.0. The lowest BCUT2D eigenvalue weighted by Gasteiger charge is -2.14. The van der Waals surface area contributed by atoms with E-state index in [4.69, 9.17) is 16.1 Å². The molecule has 2 heterocycles. The zero-order valence-electron chi connectivity index (χ0n) is 16.2. The number of aromatic nitrogens is 1. The standard InChI is InChI=1S/C23H19ClN2O4/c1-12-8-19(30-26-12)21(28)20-16-9-15(17(24)10-18(16)25-22(20)29)13-2-4-14(5-3-13)23(11-27)6-7-23/h2-5,8-10,27-28H,6-7,11H2,1H3,(H,25,29)/b21-20+. The van der Waals surface area contributed by atoms with Gasteiger partial charge < -0.3 is 20.1 Å². The van der Waals surface area contributed by atoms with Gasteiger partial charge in [-0.1, -0.05) is 41.0 Å². The topological polar surface area (TPSA) is 95.6 Å². The van der Waals surface area contributed by atoms with E-state index in [0.717, 1.165) is 29.5 Å². The van der Waals surface area contributed by atoms with Gasteiger partial charge in [-0.25, -0.2) is 0 Å². The van der Waals surface area contributed by atoms with E-state index in [9.17, 15) is 15.0 Å². The largest absolute Gasteiger partial charge is 0.504 e. The maximum absolute atomic E-state index is 12.5. The van der Waals surface area contributed by atoms with Gasteiger partial charge in [0.2, 0.25) is 5.76 Å². The van der Waals surface area contributed by atoms with Crippen LogP contribution in [0.1, 0.15) is 35.4 Å². The third-order valence-electron chi connectivity index (χ3n) is 5.91. The van der Waals surface area contributed by atoms with E-state index >= 15 is 0 Å². The van der Waals surface area contributed by atoms with E-state index in [1.165, 1.54) is 0 Å². The average molecular weight is 423 g/mol. The van der Waals surface area contributed by atoms with E-state index in [0.29, 0.717) is 22.0 Å². The number of fused-ring (bicyclic) bond motifs is 1. The van der Waals surface area contributed by atoms with Crippen LogP contribution in [0.4, 0.5) is 5.69 Å². The van der Waals surface area contributed by atoms with Gasteiger partial charge in [-0.15, -0.1) is 0 Å². The van der Waals surface area contributed by atoms with Crippen LogP contribution in [0.3, 0.4) is 0 Å². The SMILES string of the molecule is Cc1cc(/C(O)=C2\C(=O)Nc3cc(Cl)c(-c4ccc(C5(CO)CC5)cc4)cc32)on1. The van der Waals surface area contributed by atoms with Crippen LogP contribution in [0.15, 0.2) is 47.0 Å². The predicted molar refractivity (Wildman–Crippen MR) is 114 cm³/mol. The summed E-state index contributed by atoms with van der Waals surface area (Å²) in [5, 5.41) is 27.3. The number of nitrogens with one attached hydrogen (secondary N) is 1. The zero-order chi connectivity index (χ0) is 21.0. The molecule has 1 aromatic heterocycles. The number of anilines is 1. The van der Waals surface area contributed by atoms with Crippen molar-refractivity contribution in [3.05, 3.63) is 70.1 Å². The molecular formula is C23H19ClN2O4. The maximum atomic E-state index is 12.5. The van der Waals surface area contributed by atoms with Crippen LogP contribution in [-0.2, 0) is 10.2 Å². The van der Waals surface area contributed by atoms with Crippen LogP contribution in [0.2, 0.25) is 5.02 Å². The van der Waals surface area contributed by atoms with E-state index < -0.39 is 5.91 Å². The Labute approximate surface area is 177 Å². The number of aliphatic hydroxyl groups is 2. The molecule has 30 heavy (non-hydrogen) atoms. The summed E-state index contributed by atoms with van der Waals surface area (Å²) < 4.78 is 5.12. The molecule has 0 spiro atoms. The molecule has 5 rings (SSSR count). The van der Waals surface area contributed by atoms with Gasteiger partial charge in [0.05, 0.1) is 28.6 Å². The van der Waals surface area contributed by atoms with E-state index in [2.05, 4.69) is 10.5 Å². The molecule has 0 unspecified atom stereocenters. The maximum Gasteiger partial charge on any atom is 0.260 e. The molecule has 1 aliphatic heterocycles. The third-order valence-corrected chi connectivity index (χ3v) is 6.23. The smallest absolute Gasteiger partial charge is 0.260 e. The molecule has 0 bridgehead atoms. The van der Waals surface area contributed by atoms with Gasteiger partial charge in [-0.05, 0) is 43.0 Å². The molecule has 2 aliphatic rings. The fourth-order valence-electron chi connectivity index (χ4n) is 3.94. The molecule has 1 amide bonds. The number of carbonyl (C=O) groups excluding carboxylic acids is 1. The number of hydrogen-bond acceptors (Lipinski definition) is 5. The number of aryl methyl sites for hydroxylation is 1. The number of benzene rings is 2. The van der Waals surface area contributed by atoms with Crippen molar-refractivity contribution in [3.63, 3.8) is 0 Å². The second-order valence-electron chi connectivity index (χ2n) is 7.90. The minimum Gasteiger partial charge on any atom is -0.504 e. The van der Waals surface area contributed by atoms with Crippen molar-refractivity contribution in [2.45, 2.75) is 25.2 Å². The fourth-order valence-corrected chi connectivity index (χ4v) is 4.21. The Kier molecular flexibility index (Phi) is 4.24. The van der Waals surface area contributed by atoms with Gasteiger partial charge in [0.1, 0.15) is 0 Å². The summed E-state index contributed by atoms with van der Waals surface area (Å²) in [7, 11) is 0. The molecule has 1 aliphatic carbocycles. The molecule has 0 saturated heterocycles. The second-order valence-corrected chi connectivity index (χ2v) is 8.31. The zero-order valence-corrected chi connectivity index (χ0v) is 17.0. The number of aliphatic hydroxyl groups excluding tert-OH is 2. The van der Waals surface area contributed by atoms with Crippen molar-refractivity contribution in [2.24, 2.45) is 0 Å². The molecular weight excluding hydrogens is 404 g/mol. The van der Waals surface area contributed by atoms with Crippen molar-refractivity contribution in [1.82, 2.24) is 5.16 Å². The van der Waals surface area contributed by atoms with Gasteiger partial charge >= 0.3 is 0 Å². The highest BCUT2D eigenvalue weighted by atomic mass is 35.5. The number of halogens is 1. The van der Waals surface area contributed by atoms with Gasteiger partial charge in [0.25, 0.3) is 5.91 Å². The minimum atomic E-state index is -0.432. The Morgan fingerprint density at radius 3 is 2.53 bits per heavy atom. The summed E-state index contributed by atoms with van der Waals surface area (Å²) in [4.78, 5) is 12.5. The fraction of sp³-hybridized carbons (Fsp3) is 0.217. The molecule has 0 atom stereocenters. The number of rotatable bonds is 4. The first kappa shape index (κ1) is 18.9. The highest BCUT2D eigenvalue weighted by molar-refractivity contribution is 6.38. The van der Waals surface area contributed by atoms with Crippen molar-refractivity contribution in [3.8, 4) is 11.1 Å². The molecule has 2 aromatic carbocycles. The lowest BCUT2D eigenvalue weighted by molar-refractivity contribution is -0.110. The number of amides is 1. The number of nitrogens with zero attached hydrogens (tertiary/aromatic N) is 1. The molecule has 1 saturated carbocycles. The van der Waals surface area contributed by atoms with E-state index in [1.807, 2.05) is 24.3 Å². The highest BCUT2D eigenvalue weighted by Crippen LogP contribution is 2.48. The lowest BCUT2D eigenvalue weighted by Crippen LogP contribution is -2.11. The first-order valence-electron chi connectivity index (χ1n) is 9.66. The van der Waals surface area contributed by atoms with Crippen LogP contribution in [-0.4, -0.2) is 27.9 Å². The third kappa shape index (κ3) is 2.91. The van der Waals surface area contributed by atoms with Crippen LogP contribution in [0, 0.1) is 6.92 Å². The van der Waals surface area contributed by atoms with Gasteiger partial charge in [0.15, 0.2) is 5.76 Å². The quantitative estimate of drug-likeness (QED) is 0.418. The highest BCUT2D eigenvalue weighted by Gasteiger charge is 2.43. The average Bonchev–Trinajstić information content (AvgIpc) is 3.32. The summed E-state index contributed by atoms with van der Waals surface area (Å²) in [5.41, 5.74) is 4.43. The second kappa shape index (κ2) is 6.72. The van der Waals surface area contributed by atoms with Crippen molar-refractivity contribution in [1.29, 1.82) is 0 Å². The van der Waals surface area contributed by atoms with Gasteiger partial charge in [0, 0.05) is 22.6 Å². The molecule has 7 heteroatoms. The normalized spacial score (nSPS) is 18.2. The first-order chi connectivity index (χ1) is 14.4. The Morgan fingerprint density at radius 1 is 1.20 bits per heavy atom. The Morgan fingerprint density at radius 2 is 1.93 bits per heavy atom. The summed E-state index contributed by atoms with van der Waals surface area (Å²) in [6.07, 6.45) is 1.98. The van der Waals surface area contributed by atoms with Crippen LogP contribution < -0.4 is 5.32 Å². The Bertz CT molecular complexity index is 1210. The van der Waals surface area contributed by atoms with Gasteiger partial charge in [-0.3, -0.25) is 4.79 Å². The summed E-state index contributed by atoms with van der Waals surface area (Å²) >= 11 is 6.51. The van der Waals surface area contributed by atoms with E-state index in [1.54, 1.807) is 25.1 Å². The first-order valence-corrected chi connectivity index (χ1v) is 10.0. The molecule has 152 valence electrons. The number of carbonyl (C=O) groups is 1. The molecule has 0 radical (unpaired) electrons. The minimum absolute atomic E-state index is 0.104. The molecule has 6 nitrogen and oxygen atoms in total. The van der Waals surface area contributed by atoms with Crippen molar-refractivity contribution < 1.29 is 19.5 Å². The predicted octanol–water partition coefficient (Wildman–Crippen LogP) is 4.71. The lowest BCUT2D eigenvalue weighted by atomic mass is 9.93. The van der Waals surface area contributed by atoms with Crippen LogP contribution >= 0.6 is 11.6 Å². The Hall–Kier alpha value is -3.09. The van der Waals surface area contributed by atoms with Crippen LogP contribution in [0.25, 0.3) is 22.5 Å². The van der Waals surface area contributed by atoms with Crippen molar-refractivity contribution in [2.75, 3.05) is 11.9 Å². The van der Waals surface area contributed by atoms with E-state index in [-0.39, 0.29) is 29.1 Å². The molecule has 1 fully saturated rings. The van der Waals surface area contributed by atoms with Crippen LogP contribution in [0.5, 0.6) is 0 Å². The number of hydrogen-bond donors (Lipinski definition) is 3. The molecule has 3 aromatic rings. The summed E-state index contributed by atoms with van der Waals surface area (Å²) in [5.74, 6) is -0.571. The summed E-state index contributed by atoms with van der Waals surface area (Å²) in [6.45, 7) is 1.88. The monoisotopic (exact) mass is 422 g/mol. The van der Waals surface area contributed by atoms with Gasteiger partial charge in [-0.2, -0.15) is 0 Å². The molecule has 3 N–H and O–H groups in total.